The van der Waals surface area contributed by atoms with Crippen LogP contribution in [0.25, 0.3) is 0 Å². The fourth-order valence-corrected chi connectivity index (χ4v) is 2.93. The van der Waals surface area contributed by atoms with Gasteiger partial charge in [0.05, 0.1) is 25.8 Å². The normalized spacial score (nSPS) is 25.4. The van der Waals surface area contributed by atoms with Crippen LogP contribution in [0.1, 0.15) is 17.2 Å². The Morgan fingerprint density at radius 1 is 1.19 bits per heavy atom. The molecule has 3 rings (SSSR count). The van der Waals surface area contributed by atoms with Crippen molar-refractivity contribution >= 4 is 0 Å². The van der Waals surface area contributed by atoms with Gasteiger partial charge in [0.25, 0.3) is 5.56 Å². The number of nitrogens with one attached hydrogen (secondary N) is 1. The largest absolute Gasteiger partial charge is 0.497 e. The summed E-state index contributed by atoms with van der Waals surface area (Å²) in [6.07, 6.45) is -3.57. The third-order valence-electron chi connectivity index (χ3n) is 4.40. The monoisotopic (exact) mass is 364 g/mol. The van der Waals surface area contributed by atoms with E-state index >= 15 is 0 Å². The number of H-pyrrole nitrogens is 1. The molecule has 140 valence electrons. The smallest absolute Gasteiger partial charge is 0.328 e. The number of aromatic amines is 1. The molecule has 0 aliphatic carbocycles. The first-order chi connectivity index (χ1) is 12.4. The number of benzene rings is 1. The molecule has 1 fully saturated rings. The zero-order chi connectivity index (χ0) is 18.8. The number of rotatable bonds is 5. The quantitative estimate of drug-likeness (QED) is 0.521. The summed E-state index contributed by atoms with van der Waals surface area (Å²) in [6.45, 7) is -0.320. The second kappa shape index (κ2) is 7.42. The summed E-state index contributed by atoms with van der Waals surface area (Å²) in [6, 6.07) is 7.06. The van der Waals surface area contributed by atoms with Crippen LogP contribution in [0.3, 0.4) is 0 Å². The Morgan fingerprint density at radius 3 is 2.46 bits per heavy atom. The summed E-state index contributed by atoms with van der Waals surface area (Å²) >= 11 is 0. The van der Waals surface area contributed by atoms with Crippen molar-refractivity contribution in [1.82, 2.24) is 9.55 Å². The van der Waals surface area contributed by atoms with Crippen molar-refractivity contribution in [3.63, 3.8) is 0 Å². The Kier molecular flexibility index (Phi) is 5.23. The van der Waals surface area contributed by atoms with Crippen LogP contribution in [0.5, 0.6) is 5.75 Å². The molecule has 0 amide bonds. The molecule has 0 unspecified atom stereocenters. The predicted octanol–water partition coefficient (Wildman–Crippen LogP) is -1.25. The Bertz CT molecular complexity index is 874. The van der Waals surface area contributed by atoms with Gasteiger partial charge in [-0.3, -0.25) is 14.3 Å². The molecule has 1 saturated heterocycles. The number of aliphatic hydroxyl groups is 3. The van der Waals surface area contributed by atoms with Crippen molar-refractivity contribution in [2.75, 3.05) is 13.7 Å². The van der Waals surface area contributed by atoms with Gasteiger partial charge in [-0.2, -0.15) is 0 Å². The Morgan fingerprint density at radius 2 is 1.88 bits per heavy atom. The minimum Gasteiger partial charge on any atom is -0.497 e. The van der Waals surface area contributed by atoms with E-state index in [0.717, 1.165) is 5.56 Å². The van der Waals surface area contributed by atoms with Crippen molar-refractivity contribution in [3.8, 4) is 5.75 Å². The van der Waals surface area contributed by atoms with Crippen molar-refractivity contribution < 1.29 is 24.8 Å². The van der Waals surface area contributed by atoms with Crippen molar-refractivity contribution in [1.29, 1.82) is 0 Å². The van der Waals surface area contributed by atoms with Gasteiger partial charge in [-0.15, -0.1) is 0 Å². The highest BCUT2D eigenvalue weighted by molar-refractivity contribution is 5.27. The summed E-state index contributed by atoms with van der Waals surface area (Å²) in [4.78, 5) is 26.4. The lowest BCUT2D eigenvalue weighted by atomic mass is 10.0. The molecule has 1 aliphatic rings. The third kappa shape index (κ3) is 3.42. The lowest BCUT2D eigenvalue weighted by Crippen LogP contribution is -2.36. The van der Waals surface area contributed by atoms with Gasteiger partial charge in [0.1, 0.15) is 30.2 Å². The zero-order valence-corrected chi connectivity index (χ0v) is 14.0. The van der Waals surface area contributed by atoms with Gasteiger partial charge in [-0.25, -0.2) is 4.79 Å². The second-order valence-corrected chi connectivity index (χ2v) is 6.08. The molecule has 1 aromatic heterocycles. The van der Waals surface area contributed by atoms with E-state index in [2.05, 4.69) is 4.98 Å². The van der Waals surface area contributed by atoms with E-state index in [-0.39, 0.29) is 12.1 Å². The minimum absolute atomic E-state index is 0.000566. The molecular weight excluding hydrogens is 344 g/mol. The van der Waals surface area contributed by atoms with E-state index in [1.807, 2.05) is 0 Å². The van der Waals surface area contributed by atoms with Crippen LogP contribution in [-0.2, 0) is 11.3 Å². The van der Waals surface area contributed by atoms with Crippen molar-refractivity contribution in [2.45, 2.75) is 31.0 Å². The number of hydrogen-bond acceptors (Lipinski definition) is 7. The molecule has 0 bridgehead atoms. The molecule has 1 aliphatic heterocycles. The number of nitrogens with zero attached hydrogens (tertiary/aromatic N) is 1. The van der Waals surface area contributed by atoms with Crippen LogP contribution in [0.15, 0.2) is 40.1 Å². The predicted molar refractivity (Wildman–Crippen MR) is 90.1 cm³/mol. The molecule has 9 heteroatoms. The van der Waals surface area contributed by atoms with Crippen LogP contribution in [0.4, 0.5) is 0 Å². The Labute approximate surface area is 148 Å². The van der Waals surface area contributed by atoms with Gasteiger partial charge in [0.15, 0.2) is 0 Å². The van der Waals surface area contributed by atoms with E-state index in [1.165, 1.54) is 10.8 Å². The fourth-order valence-electron chi connectivity index (χ4n) is 2.93. The van der Waals surface area contributed by atoms with Gasteiger partial charge in [-0.1, -0.05) is 12.1 Å². The molecule has 4 atom stereocenters. The zero-order valence-electron chi connectivity index (χ0n) is 14.0. The second-order valence-electron chi connectivity index (χ2n) is 6.08. The molecule has 0 radical (unpaired) electrons. The average molecular weight is 364 g/mol. The topological polar surface area (TPSA) is 134 Å². The third-order valence-corrected chi connectivity index (χ3v) is 4.40. The van der Waals surface area contributed by atoms with Crippen LogP contribution in [0.2, 0.25) is 0 Å². The Hall–Kier alpha value is -2.46. The Balaban J connectivity index is 1.92. The molecule has 2 heterocycles. The first kappa shape index (κ1) is 18.3. The summed E-state index contributed by atoms with van der Waals surface area (Å²) in [5, 5.41) is 29.1. The van der Waals surface area contributed by atoms with E-state index in [1.54, 1.807) is 31.4 Å². The highest BCUT2D eigenvalue weighted by atomic mass is 16.6. The maximum absolute atomic E-state index is 12.1. The van der Waals surface area contributed by atoms with E-state index in [9.17, 15) is 24.9 Å². The van der Waals surface area contributed by atoms with Crippen LogP contribution in [0, 0.1) is 0 Å². The van der Waals surface area contributed by atoms with E-state index in [4.69, 9.17) is 9.47 Å². The van der Waals surface area contributed by atoms with Gasteiger partial charge in [0, 0.05) is 6.20 Å². The standard InChI is InChI=1S/C17H20N2O7/c1-25-10-4-2-9(3-5-10)6-19-7-11(16(23)18-17(19)24)15-14(22)13(21)12(8-20)26-15/h2-5,7,12-15,20-22H,6,8H2,1H3,(H,18,23,24)/t12-,13-,14-,15+/m1/s1. The van der Waals surface area contributed by atoms with Crippen LogP contribution >= 0.6 is 0 Å². The van der Waals surface area contributed by atoms with Gasteiger partial charge in [0.2, 0.25) is 0 Å². The fraction of sp³-hybridized carbons (Fsp3) is 0.412. The highest BCUT2D eigenvalue weighted by Crippen LogP contribution is 2.31. The van der Waals surface area contributed by atoms with Crippen LogP contribution < -0.4 is 16.0 Å². The summed E-state index contributed by atoms with van der Waals surface area (Å²) in [5.74, 6) is 0.676. The summed E-state index contributed by atoms with van der Waals surface area (Å²) in [5.41, 5.74) is -0.523. The number of aliphatic hydroxyl groups excluding tert-OH is 3. The number of ether oxygens (including phenoxy) is 2. The van der Waals surface area contributed by atoms with E-state index < -0.39 is 42.3 Å². The van der Waals surface area contributed by atoms with E-state index in [0.29, 0.717) is 5.75 Å². The average Bonchev–Trinajstić information content (AvgIpc) is 2.92. The van der Waals surface area contributed by atoms with Gasteiger partial charge >= 0.3 is 5.69 Å². The lowest BCUT2D eigenvalue weighted by Gasteiger charge is -2.15. The van der Waals surface area contributed by atoms with Gasteiger partial charge in [-0.05, 0) is 17.7 Å². The highest BCUT2D eigenvalue weighted by Gasteiger charge is 2.44. The van der Waals surface area contributed by atoms with Gasteiger partial charge < -0.3 is 24.8 Å². The molecule has 1 aromatic carbocycles. The molecule has 0 saturated carbocycles. The number of methoxy groups -OCH3 is 1. The number of aromatic nitrogens is 2. The minimum atomic E-state index is -1.39. The molecule has 0 spiro atoms. The van der Waals surface area contributed by atoms with Crippen molar-refractivity contribution in [3.05, 3.63) is 62.4 Å². The lowest BCUT2D eigenvalue weighted by molar-refractivity contribution is -0.0233. The first-order valence-corrected chi connectivity index (χ1v) is 8.03. The first-order valence-electron chi connectivity index (χ1n) is 8.03. The molecule has 4 N–H and O–H groups in total. The van der Waals surface area contributed by atoms with Crippen molar-refractivity contribution in [2.24, 2.45) is 0 Å². The van der Waals surface area contributed by atoms with Crippen LogP contribution in [-0.4, -0.2) is 56.9 Å². The number of hydrogen-bond donors (Lipinski definition) is 4. The molecular formula is C17H20N2O7. The maximum Gasteiger partial charge on any atom is 0.328 e. The maximum atomic E-state index is 12.1. The molecule has 9 nitrogen and oxygen atoms in total. The summed E-state index contributed by atoms with van der Waals surface area (Å²) < 4.78 is 11.7. The summed E-state index contributed by atoms with van der Waals surface area (Å²) in [7, 11) is 1.55. The molecule has 26 heavy (non-hydrogen) atoms. The SMILES string of the molecule is COc1ccc(Cn2cc([C@@H]3O[C@H](CO)[C@@H](O)[C@H]3O)c(=O)[nH]c2=O)cc1. The molecule has 2 aromatic rings.